The van der Waals surface area contributed by atoms with Crippen LogP contribution in [0.25, 0.3) is 0 Å². The van der Waals surface area contributed by atoms with E-state index in [-0.39, 0.29) is 13.2 Å². The number of nitrogens with zero attached hydrogens (tertiary/aromatic N) is 2. The molecule has 0 spiro atoms. The quantitative estimate of drug-likeness (QED) is 0.789. The maximum Gasteiger partial charge on any atom is 0.411 e. The molecule has 1 rings (SSSR count). The van der Waals surface area contributed by atoms with Crippen molar-refractivity contribution in [2.24, 2.45) is 0 Å². The first kappa shape index (κ1) is 14.4. The summed E-state index contributed by atoms with van der Waals surface area (Å²) in [6.07, 6.45) is -2.79. The molecule has 0 bridgehead atoms. The van der Waals surface area contributed by atoms with Crippen molar-refractivity contribution in [2.75, 3.05) is 19.8 Å². The minimum atomic E-state index is -4.29. The Bertz CT molecular complexity index is 415. The Labute approximate surface area is 102 Å². The van der Waals surface area contributed by atoms with Crippen molar-refractivity contribution < 1.29 is 17.9 Å². The lowest BCUT2D eigenvalue weighted by atomic mass is 10.2. The molecule has 0 aliphatic carbocycles. The Balaban J connectivity index is 2.21. The van der Waals surface area contributed by atoms with Crippen LogP contribution in [-0.2, 0) is 11.3 Å². The van der Waals surface area contributed by atoms with Gasteiger partial charge in [-0.15, -0.1) is 0 Å². The van der Waals surface area contributed by atoms with Crippen LogP contribution in [0.4, 0.5) is 13.2 Å². The van der Waals surface area contributed by atoms with E-state index in [1.807, 2.05) is 6.07 Å². The first-order valence-corrected chi connectivity index (χ1v) is 5.22. The second-order valence-electron chi connectivity index (χ2n) is 3.47. The van der Waals surface area contributed by atoms with Gasteiger partial charge in [-0.3, -0.25) is 0 Å². The molecule has 0 fully saturated rings. The highest BCUT2D eigenvalue weighted by atomic mass is 19.4. The van der Waals surface area contributed by atoms with E-state index in [0.717, 1.165) is 0 Å². The first-order chi connectivity index (χ1) is 8.53. The fourth-order valence-corrected chi connectivity index (χ4v) is 1.24. The number of halogens is 3. The van der Waals surface area contributed by atoms with Gasteiger partial charge in [0.2, 0.25) is 0 Å². The predicted molar refractivity (Wildman–Crippen MR) is 57.5 cm³/mol. The average molecular weight is 259 g/mol. The molecule has 0 saturated heterocycles. The molecule has 7 heteroatoms. The number of rotatable bonds is 6. The second kappa shape index (κ2) is 6.93. The molecule has 4 nitrogen and oxygen atoms in total. The zero-order valence-electron chi connectivity index (χ0n) is 9.50. The topological polar surface area (TPSA) is 57.9 Å². The number of aromatic nitrogens is 1. The second-order valence-corrected chi connectivity index (χ2v) is 3.47. The zero-order chi connectivity index (χ0) is 13.4. The van der Waals surface area contributed by atoms with Gasteiger partial charge in [0.15, 0.2) is 0 Å². The fraction of sp³-hybridized carbons (Fsp3) is 0.455. The van der Waals surface area contributed by atoms with E-state index in [4.69, 9.17) is 5.26 Å². The van der Waals surface area contributed by atoms with Gasteiger partial charge >= 0.3 is 6.18 Å². The number of nitriles is 1. The summed E-state index contributed by atoms with van der Waals surface area (Å²) in [5, 5.41) is 11.6. The molecule has 1 heterocycles. The summed E-state index contributed by atoms with van der Waals surface area (Å²) < 4.78 is 39.6. The maximum absolute atomic E-state index is 11.7. The Morgan fingerprint density at radius 1 is 1.44 bits per heavy atom. The highest BCUT2D eigenvalue weighted by molar-refractivity contribution is 5.30. The molecule has 1 N–H and O–H groups in total. The summed E-state index contributed by atoms with van der Waals surface area (Å²) in [6.45, 7) is -0.644. The van der Waals surface area contributed by atoms with E-state index in [9.17, 15) is 13.2 Å². The standard InChI is InChI=1S/C11H12F3N3O/c12-11(13,14)8-18-5-4-16-7-9-2-1-3-17-10(9)6-15/h1-3,16H,4-5,7-8H2. The van der Waals surface area contributed by atoms with Gasteiger partial charge in [0, 0.05) is 24.8 Å². The number of hydrogen-bond acceptors (Lipinski definition) is 4. The third-order valence-electron chi connectivity index (χ3n) is 2.00. The van der Waals surface area contributed by atoms with Crippen molar-refractivity contribution in [3.63, 3.8) is 0 Å². The number of ether oxygens (including phenoxy) is 1. The van der Waals surface area contributed by atoms with Crippen LogP contribution in [0.5, 0.6) is 0 Å². The monoisotopic (exact) mass is 259 g/mol. The number of pyridine rings is 1. The van der Waals surface area contributed by atoms with E-state index in [2.05, 4.69) is 15.0 Å². The van der Waals surface area contributed by atoms with Crippen molar-refractivity contribution in [3.8, 4) is 6.07 Å². The molecular formula is C11H12F3N3O. The number of nitrogens with one attached hydrogen (secondary N) is 1. The van der Waals surface area contributed by atoms with E-state index < -0.39 is 12.8 Å². The largest absolute Gasteiger partial charge is 0.411 e. The Hall–Kier alpha value is -1.65. The molecule has 98 valence electrons. The highest BCUT2D eigenvalue weighted by Gasteiger charge is 2.27. The molecule has 0 unspecified atom stereocenters. The number of hydrogen-bond donors (Lipinski definition) is 1. The molecule has 0 saturated carbocycles. The van der Waals surface area contributed by atoms with Gasteiger partial charge in [-0.1, -0.05) is 6.07 Å². The summed E-state index contributed by atoms with van der Waals surface area (Å²) in [4.78, 5) is 3.86. The van der Waals surface area contributed by atoms with Crippen LogP contribution in [0.1, 0.15) is 11.3 Å². The lowest BCUT2D eigenvalue weighted by molar-refractivity contribution is -0.173. The van der Waals surface area contributed by atoms with E-state index in [1.165, 1.54) is 6.20 Å². The van der Waals surface area contributed by atoms with Gasteiger partial charge < -0.3 is 10.1 Å². The van der Waals surface area contributed by atoms with Crippen molar-refractivity contribution >= 4 is 0 Å². The molecule has 0 amide bonds. The Kier molecular flexibility index (Phi) is 5.55. The van der Waals surface area contributed by atoms with Crippen molar-refractivity contribution in [3.05, 3.63) is 29.6 Å². The molecular weight excluding hydrogens is 247 g/mol. The van der Waals surface area contributed by atoms with Crippen molar-refractivity contribution in [1.82, 2.24) is 10.3 Å². The molecule has 1 aromatic rings. The van der Waals surface area contributed by atoms with Gasteiger partial charge in [-0.2, -0.15) is 18.4 Å². The molecule has 0 aliphatic rings. The average Bonchev–Trinajstić information content (AvgIpc) is 2.32. The van der Waals surface area contributed by atoms with Gasteiger partial charge in [-0.25, -0.2) is 4.98 Å². The normalized spacial score (nSPS) is 11.2. The SMILES string of the molecule is N#Cc1ncccc1CNCCOCC(F)(F)F. The van der Waals surface area contributed by atoms with Gasteiger partial charge in [-0.05, 0) is 6.07 Å². The van der Waals surface area contributed by atoms with Crippen molar-refractivity contribution in [1.29, 1.82) is 5.26 Å². The summed E-state index contributed by atoms with van der Waals surface area (Å²) in [7, 11) is 0. The summed E-state index contributed by atoms with van der Waals surface area (Å²) in [5.74, 6) is 0. The van der Waals surface area contributed by atoms with E-state index in [0.29, 0.717) is 17.8 Å². The molecule has 0 aliphatic heterocycles. The lowest BCUT2D eigenvalue weighted by Crippen LogP contribution is -2.24. The van der Waals surface area contributed by atoms with Crippen LogP contribution in [0.15, 0.2) is 18.3 Å². The summed E-state index contributed by atoms with van der Waals surface area (Å²) in [6, 6.07) is 5.36. The molecule has 18 heavy (non-hydrogen) atoms. The van der Waals surface area contributed by atoms with Crippen LogP contribution in [0, 0.1) is 11.3 Å². The fourth-order valence-electron chi connectivity index (χ4n) is 1.24. The minimum absolute atomic E-state index is 0.0400. The predicted octanol–water partition coefficient (Wildman–Crippen LogP) is 1.62. The third kappa shape index (κ3) is 5.61. The Morgan fingerprint density at radius 3 is 2.89 bits per heavy atom. The maximum atomic E-state index is 11.7. The van der Waals surface area contributed by atoms with Crippen LogP contribution in [-0.4, -0.2) is 30.9 Å². The van der Waals surface area contributed by atoms with Crippen molar-refractivity contribution in [2.45, 2.75) is 12.7 Å². The molecule has 1 aromatic heterocycles. The van der Waals surface area contributed by atoms with E-state index >= 15 is 0 Å². The van der Waals surface area contributed by atoms with Crippen LogP contribution in [0.3, 0.4) is 0 Å². The minimum Gasteiger partial charge on any atom is -0.371 e. The van der Waals surface area contributed by atoms with E-state index in [1.54, 1.807) is 12.1 Å². The highest BCUT2D eigenvalue weighted by Crippen LogP contribution is 2.13. The lowest BCUT2D eigenvalue weighted by Gasteiger charge is -2.08. The van der Waals surface area contributed by atoms with Crippen LogP contribution >= 0.6 is 0 Å². The zero-order valence-corrected chi connectivity index (χ0v) is 9.50. The van der Waals surface area contributed by atoms with Gasteiger partial charge in [0.05, 0.1) is 6.61 Å². The van der Waals surface area contributed by atoms with Crippen LogP contribution in [0.2, 0.25) is 0 Å². The molecule has 0 radical (unpaired) electrons. The summed E-state index contributed by atoms with van der Waals surface area (Å²) >= 11 is 0. The first-order valence-electron chi connectivity index (χ1n) is 5.22. The summed E-state index contributed by atoms with van der Waals surface area (Å²) in [5.41, 5.74) is 1.01. The molecule has 0 atom stereocenters. The van der Waals surface area contributed by atoms with Gasteiger partial charge in [0.25, 0.3) is 0 Å². The third-order valence-corrected chi connectivity index (χ3v) is 2.00. The van der Waals surface area contributed by atoms with Gasteiger partial charge in [0.1, 0.15) is 18.4 Å². The Morgan fingerprint density at radius 2 is 2.22 bits per heavy atom. The van der Waals surface area contributed by atoms with Crippen LogP contribution < -0.4 is 5.32 Å². The number of alkyl halides is 3. The molecule has 0 aromatic carbocycles. The smallest absolute Gasteiger partial charge is 0.371 e.